The van der Waals surface area contributed by atoms with Crippen LogP contribution in [0.25, 0.3) is 0 Å². The molecule has 0 aliphatic carbocycles. The zero-order valence-electron chi connectivity index (χ0n) is 15.1. The topological polar surface area (TPSA) is 59.6 Å². The van der Waals surface area contributed by atoms with E-state index in [1.54, 1.807) is 13.2 Å². The fourth-order valence-electron chi connectivity index (χ4n) is 2.56. The summed E-state index contributed by atoms with van der Waals surface area (Å²) >= 11 is 0. The number of benzene rings is 3. The summed E-state index contributed by atoms with van der Waals surface area (Å²) in [6.45, 7) is 0.596. The molecule has 3 aromatic carbocycles. The first-order valence-corrected chi connectivity index (χ1v) is 8.68. The highest BCUT2D eigenvalue weighted by Gasteiger charge is 2.07. The van der Waals surface area contributed by atoms with Crippen molar-refractivity contribution in [2.45, 2.75) is 6.61 Å². The quantitative estimate of drug-likeness (QED) is 0.626. The van der Waals surface area contributed by atoms with Gasteiger partial charge in [0.2, 0.25) is 5.91 Å². The molecule has 0 aliphatic rings. The van der Waals surface area contributed by atoms with Crippen molar-refractivity contribution in [3.8, 4) is 11.5 Å². The van der Waals surface area contributed by atoms with Crippen molar-refractivity contribution >= 4 is 17.3 Å². The fourth-order valence-corrected chi connectivity index (χ4v) is 2.56. The summed E-state index contributed by atoms with van der Waals surface area (Å²) < 4.78 is 11.1. The lowest BCUT2D eigenvalue weighted by Crippen LogP contribution is -2.22. The second kappa shape index (κ2) is 9.29. The Morgan fingerprint density at radius 2 is 1.70 bits per heavy atom. The molecule has 5 heteroatoms. The lowest BCUT2D eigenvalue weighted by atomic mass is 10.2. The predicted molar refractivity (Wildman–Crippen MR) is 107 cm³/mol. The van der Waals surface area contributed by atoms with E-state index in [4.69, 9.17) is 9.47 Å². The van der Waals surface area contributed by atoms with Crippen LogP contribution in [0.5, 0.6) is 11.5 Å². The van der Waals surface area contributed by atoms with Crippen LogP contribution < -0.4 is 20.1 Å². The first kappa shape index (κ1) is 18.3. The lowest BCUT2D eigenvalue weighted by Gasteiger charge is -2.13. The van der Waals surface area contributed by atoms with Gasteiger partial charge in [-0.15, -0.1) is 0 Å². The van der Waals surface area contributed by atoms with E-state index in [0.29, 0.717) is 23.8 Å². The monoisotopic (exact) mass is 362 g/mol. The third-order valence-corrected chi connectivity index (χ3v) is 3.92. The predicted octanol–water partition coefficient (Wildman–Crippen LogP) is 4.32. The van der Waals surface area contributed by atoms with E-state index < -0.39 is 0 Å². The van der Waals surface area contributed by atoms with Crippen molar-refractivity contribution in [3.63, 3.8) is 0 Å². The third-order valence-electron chi connectivity index (χ3n) is 3.92. The molecule has 0 fully saturated rings. The summed E-state index contributed by atoms with van der Waals surface area (Å²) in [7, 11) is 1.59. The summed E-state index contributed by atoms with van der Waals surface area (Å²) in [5.41, 5.74) is 2.55. The minimum Gasteiger partial charge on any atom is -0.497 e. The molecule has 3 rings (SSSR count). The van der Waals surface area contributed by atoms with Crippen LogP contribution in [0.2, 0.25) is 0 Å². The summed E-state index contributed by atoms with van der Waals surface area (Å²) in [6, 6.07) is 24.8. The standard InChI is InChI=1S/C22H22N2O3/c1-26-19-11-7-10-18(14-19)24-22(25)15-23-20-12-5-6-13-21(20)27-16-17-8-3-2-4-9-17/h2-14,23H,15-16H2,1H3,(H,24,25). The van der Waals surface area contributed by atoms with Gasteiger partial charge in [0.1, 0.15) is 18.1 Å². The van der Waals surface area contributed by atoms with Gasteiger partial charge in [0.25, 0.3) is 0 Å². The van der Waals surface area contributed by atoms with E-state index in [2.05, 4.69) is 10.6 Å². The van der Waals surface area contributed by atoms with E-state index in [1.807, 2.05) is 72.8 Å². The van der Waals surface area contributed by atoms with Crippen molar-refractivity contribution in [2.75, 3.05) is 24.3 Å². The molecule has 0 saturated carbocycles. The fraction of sp³-hybridized carbons (Fsp3) is 0.136. The van der Waals surface area contributed by atoms with Gasteiger partial charge < -0.3 is 20.1 Å². The highest BCUT2D eigenvalue weighted by atomic mass is 16.5. The molecule has 27 heavy (non-hydrogen) atoms. The number of hydrogen-bond acceptors (Lipinski definition) is 4. The van der Waals surface area contributed by atoms with Crippen LogP contribution in [0.3, 0.4) is 0 Å². The Kier molecular flexibility index (Phi) is 6.30. The number of amides is 1. The van der Waals surface area contributed by atoms with Gasteiger partial charge in [-0.05, 0) is 29.8 Å². The van der Waals surface area contributed by atoms with E-state index in [0.717, 1.165) is 11.3 Å². The molecular weight excluding hydrogens is 340 g/mol. The Labute approximate surface area is 158 Å². The SMILES string of the molecule is COc1cccc(NC(=O)CNc2ccccc2OCc2ccccc2)c1. The Bertz CT molecular complexity index is 881. The average molecular weight is 362 g/mol. The van der Waals surface area contributed by atoms with E-state index in [9.17, 15) is 4.79 Å². The molecule has 0 unspecified atom stereocenters. The number of rotatable bonds is 8. The Balaban J connectivity index is 1.56. The number of nitrogens with one attached hydrogen (secondary N) is 2. The summed E-state index contributed by atoms with van der Waals surface area (Å²) in [5, 5.41) is 5.97. The van der Waals surface area contributed by atoms with Gasteiger partial charge in [0, 0.05) is 11.8 Å². The number of ether oxygens (including phenoxy) is 2. The zero-order chi connectivity index (χ0) is 18.9. The van der Waals surface area contributed by atoms with Crippen LogP contribution in [-0.4, -0.2) is 19.6 Å². The van der Waals surface area contributed by atoms with Crippen molar-refractivity contribution < 1.29 is 14.3 Å². The van der Waals surface area contributed by atoms with E-state index in [-0.39, 0.29) is 12.5 Å². The molecule has 0 aromatic heterocycles. The van der Waals surface area contributed by atoms with Gasteiger partial charge >= 0.3 is 0 Å². The van der Waals surface area contributed by atoms with Crippen molar-refractivity contribution in [1.29, 1.82) is 0 Å². The molecular formula is C22H22N2O3. The van der Waals surface area contributed by atoms with Gasteiger partial charge in [-0.1, -0.05) is 48.5 Å². The highest BCUT2D eigenvalue weighted by molar-refractivity contribution is 5.94. The van der Waals surface area contributed by atoms with Gasteiger partial charge in [0.15, 0.2) is 0 Å². The molecule has 0 bridgehead atoms. The maximum atomic E-state index is 12.2. The molecule has 138 valence electrons. The third kappa shape index (κ3) is 5.51. The molecule has 2 N–H and O–H groups in total. The molecule has 0 heterocycles. The minimum absolute atomic E-state index is 0.128. The van der Waals surface area contributed by atoms with Gasteiger partial charge in [-0.3, -0.25) is 4.79 Å². The number of anilines is 2. The summed E-state index contributed by atoms with van der Waals surface area (Å²) in [5.74, 6) is 1.25. The van der Waals surface area contributed by atoms with Gasteiger partial charge in [-0.25, -0.2) is 0 Å². The summed E-state index contributed by atoms with van der Waals surface area (Å²) in [6.07, 6.45) is 0. The molecule has 5 nitrogen and oxygen atoms in total. The number of para-hydroxylation sites is 2. The maximum Gasteiger partial charge on any atom is 0.243 e. The maximum absolute atomic E-state index is 12.2. The second-order valence-corrected chi connectivity index (χ2v) is 5.90. The second-order valence-electron chi connectivity index (χ2n) is 5.90. The van der Waals surface area contributed by atoms with Crippen LogP contribution in [-0.2, 0) is 11.4 Å². The van der Waals surface area contributed by atoms with Crippen LogP contribution in [0.1, 0.15) is 5.56 Å². The normalized spacial score (nSPS) is 10.1. The Hall–Kier alpha value is -3.47. The van der Waals surface area contributed by atoms with E-state index in [1.165, 1.54) is 0 Å². The highest BCUT2D eigenvalue weighted by Crippen LogP contribution is 2.24. The molecule has 0 radical (unpaired) electrons. The molecule has 1 amide bonds. The van der Waals surface area contributed by atoms with Crippen molar-refractivity contribution in [2.24, 2.45) is 0 Å². The van der Waals surface area contributed by atoms with Crippen molar-refractivity contribution in [1.82, 2.24) is 0 Å². The number of carbonyl (C=O) groups is 1. The van der Waals surface area contributed by atoms with Crippen LogP contribution in [0, 0.1) is 0 Å². The number of methoxy groups -OCH3 is 1. The number of carbonyl (C=O) groups excluding carboxylic acids is 1. The van der Waals surface area contributed by atoms with Crippen LogP contribution in [0.15, 0.2) is 78.9 Å². The lowest BCUT2D eigenvalue weighted by molar-refractivity contribution is -0.114. The van der Waals surface area contributed by atoms with Crippen molar-refractivity contribution in [3.05, 3.63) is 84.4 Å². The molecule has 0 saturated heterocycles. The Morgan fingerprint density at radius 1 is 0.926 bits per heavy atom. The van der Waals surface area contributed by atoms with E-state index >= 15 is 0 Å². The molecule has 0 spiro atoms. The largest absolute Gasteiger partial charge is 0.497 e. The van der Waals surface area contributed by atoms with Crippen LogP contribution >= 0.6 is 0 Å². The van der Waals surface area contributed by atoms with Gasteiger partial charge in [-0.2, -0.15) is 0 Å². The molecule has 0 aliphatic heterocycles. The molecule has 0 atom stereocenters. The van der Waals surface area contributed by atoms with Gasteiger partial charge in [0.05, 0.1) is 19.3 Å². The minimum atomic E-state index is -0.152. The first-order valence-electron chi connectivity index (χ1n) is 8.68. The zero-order valence-corrected chi connectivity index (χ0v) is 15.1. The van der Waals surface area contributed by atoms with Crippen LogP contribution in [0.4, 0.5) is 11.4 Å². The first-order chi connectivity index (χ1) is 13.2. The number of hydrogen-bond donors (Lipinski definition) is 2. The molecule has 3 aromatic rings. The Morgan fingerprint density at radius 3 is 2.52 bits per heavy atom. The average Bonchev–Trinajstić information content (AvgIpc) is 2.72. The smallest absolute Gasteiger partial charge is 0.243 e. The summed E-state index contributed by atoms with van der Waals surface area (Å²) in [4.78, 5) is 12.2.